The molecular formula is C20H17F3N2O. The van der Waals surface area contributed by atoms with Gasteiger partial charge >= 0.3 is 0 Å². The molecule has 1 heterocycles. The lowest BCUT2D eigenvalue weighted by Crippen LogP contribution is -2.50. The molecule has 1 aromatic heterocycles. The summed E-state index contributed by atoms with van der Waals surface area (Å²) >= 11 is 0. The molecule has 0 unspecified atom stereocenters. The summed E-state index contributed by atoms with van der Waals surface area (Å²) in [6.45, 7) is 0.323. The number of benzene rings is 2. The van der Waals surface area contributed by atoms with E-state index in [-0.39, 0.29) is 23.7 Å². The highest BCUT2D eigenvalue weighted by molar-refractivity contribution is 5.84. The molecule has 0 spiro atoms. The van der Waals surface area contributed by atoms with Crippen molar-refractivity contribution in [2.24, 2.45) is 0 Å². The fourth-order valence-electron chi connectivity index (χ4n) is 3.20. The molecule has 2 aromatic carbocycles. The Bertz CT molecular complexity index is 947. The number of hydrogen-bond acceptors (Lipinski definition) is 3. The predicted octanol–water partition coefficient (Wildman–Crippen LogP) is 4.35. The summed E-state index contributed by atoms with van der Waals surface area (Å²) in [6, 6.07) is 8.73. The highest BCUT2D eigenvalue weighted by atomic mass is 19.2. The number of pyridine rings is 1. The van der Waals surface area contributed by atoms with Crippen LogP contribution in [-0.4, -0.2) is 17.1 Å². The summed E-state index contributed by atoms with van der Waals surface area (Å²) < 4.78 is 46.9. The van der Waals surface area contributed by atoms with Crippen LogP contribution >= 0.6 is 0 Å². The lowest BCUT2D eigenvalue weighted by atomic mass is 9.88. The molecule has 26 heavy (non-hydrogen) atoms. The molecule has 3 nitrogen and oxygen atoms in total. The van der Waals surface area contributed by atoms with Crippen molar-refractivity contribution in [1.82, 2.24) is 10.3 Å². The third-order valence-electron chi connectivity index (χ3n) is 4.82. The average molecular weight is 358 g/mol. The lowest BCUT2D eigenvalue weighted by Gasteiger charge is -2.37. The number of nitrogens with one attached hydrogen (secondary N) is 1. The summed E-state index contributed by atoms with van der Waals surface area (Å²) in [6.07, 6.45) is 4.62. The van der Waals surface area contributed by atoms with Gasteiger partial charge in [-0.25, -0.2) is 8.78 Å². The molecule has 134 valence electrons. The fraction of sp³-hybridized carbons (Fsp3) is 0.250. The molecule has 2 atom stereocenters. The van der Waals surface area contributed by atoms with Crippen LogP contribution < -0.4 is 10.1 Å². The van der Waals surface area contributed by atoms with E-state index in [1.54, 1.807) is 24.5 Å². The summed E-state index contributed by atoms with van der Waals surface area (Å²) in [4.78, 5) is 4.05. The zero-order valence-corrected chi connectivity index (χ0v) is 13.9. The molecule has 1 fully saturated rings. The van der Waals surface area contributed by atoms with Crippen molar-refractivity contribution in [3.8, 4) is 5.75 Å². The minimum absolute atomic E-state index is 0.0471. The molecule has 0 aliphatic heterocycles. The predicted molar refractivity (Wildman–Crippen MR) is 92.3 cm³/mol. The van der Waals surface area contributed by atoms with Crippen LogP contribution in [0.25, 0.3) is 10.8 Å². The fourth-order valence-corrected chi connectivity index (χ4v) is 3.20. The molecule has 4 rings (SSSR count). The van der Waals surface area contributed by atoms with Crippen molar-refractivity contribution < 1.29 is 17.9 Å². The first-order chi connectivity index (χ1) is 12.6. The zero-order valence-electron chi connectivity index (χ0n) is 13.9. The van der Waals surface area contributed by atoms with E-state index in [9.17, 15) is 13.2 Å². The maximum Gasteiger partial charge on any atom is 0.200 e. The van der Waals surface area contributed by atoms with Gasteiger partial charge in [0.15, 0.2) is 11.6 Å². The van der Waals surface area contributed by atoms with Gasteiger partial charge in [0.1, 0.15) is 11.9 Å². The van der Waals surface area contributed by atoms with Crippen molar-refractivity contribution in [3.05, 3.63) is 71.8 Å². The van der Waals surface area contributed by atoms with Crippen LogP contribution in [0.4, 0.5) is 13.2 Å². The topological polar surface area (TPSA) is 34.1 Å². The second-order valence-corrected chi connectivity index (χ2v) is 6.40. The Hall–Kier alpha value is -2.60. The summed E-state index contributed by atoms with van der Waals surface area (Å²) in [5, 5.41) is 4.95. The van der Waals surface area contributed by atoms with Crippen LogP contribution in [0.3, 0.4) is 0 Å². The zero-order chi connectivity index (χ0) is 18.1. The smallest absolute Gasteiger partial charge is 0.200 e. The van der Waals surface area contributed by atoms with E-state index in [1.165, 1.54) is 18.2 Å². The Labute approximate surface area is 148 Å². The van der Waals surface area contributed by atoms with Crippen LogP contribution in [0.1, 0.15) is 18.4 Å². The van der Waals surface area contributed by atoms with Crippen LogP contribution in [0.5, 0.6) is 5.75 Å². The van der Waals surface area contributed by atoms with Gasteiger partial charge in [0.25, 0.3) is 0 Å². The third-order valence-corrected chi connectivity index (χ3v) is 4.82. The summed E-state index contributed by atoms with van der Waals surface area (Å²) in [7, 11) is 0. The average Bonchev–Trinajstić information content (AvgIpc) is 2.64. The van der Waals surface area contributed by atoms with Gasteiger partial charge in [-0.15, -0.1) is 0 Å². The van der Waals surface area contributed by atoms with Gasteiger partial charge in [-0.3, -0.25) is 4.98 Å². The van der Waals surface area contributed by atoms with E-state index in [4.69, 9.17) is 4.74 Å². The van der Waals surface area contributed by atoms with Crippen molar-refractivity contribution in [3.63, 3.8) is 0 Å². The Morgan fingerprint density at radius 1 is 1.04 bits per heavy atom. The molecule has 1 saturated carbocycles. The van der Waals surface area contributed by atoms with Crippen LogP contribution in [-0.2, 0) is 6.54 Å². The minimum Gasteiger partial charge on any atom is -0.486 e. The SMILES string of the molecule is Fc1cccc(O[C@@H]2CC[C@H]2NCc2c(F)ccc3cnccc23)c1F. The molecule has 0 amide bonds. The quantitative estimate of drug-likeness (QED) is 0.736. The monoisotopic (exact) mass is 358 g/mol. The van der Waals surface area contributed by atoms with E-state index in [0.29, 0.717) is 12.1 Å². The second-order valence-electron chi connectivity index (χ2n) is 6.40. The Morgan fingerprint density at radius 2 is 1.92 bits per heavy atom. The molecular weight excluding hydrogens is 341 g/mol. The first-order valence-corrected chi connectivity index (χ1v) is 8.48. The highest BCUT2D eigenvalue weighted by Gasteiger charge is 2.33. The summed E-state index contributed by atoms with van der Waals surface area (Å²) in [5.41, 5.74) is 0.562. The van der Waals surface area contributed by atoms with Crippen LogP contribution in [0.15, 0.2) is 48.8 Å². The lowest BCUT2D eigenvalue weighted by molar-refractivity contribution is 0.0672. The van der Waals surface area contributed by atoms with E-state index < -0.39 is 11.6 Å². The highest BCUT2D eigenvalue weighted by Crippen LogP contribution is 2.29. The first-order valence-electron chi connectivity index (χ1n) is 8.48. The van der Waals surface area contributed by atoms with E-state index in [1.807, 2.05) is 0 Å². The Kier molecular flexibility index (Phi) is 4.51. The number of ether oxygens (including phenoxy) is 1. The molecule has 6 heteroatoms. The van der Waals surface area contributed by atoms with Gasteiger partial charge in [-0.1, -0.05) is 6.07 Å². The normalized spacial score (nSPS) is 19.3. The molecule has 1 aliphatic carbocycles. The number of fused-ring (bicyclic) bond motifs is 1. The minimum atomic E-state index is -0.981. The third kappa shape index (κ3) is 3.12. The van der Waals surface area contributed by atoms with E-state index in [0.717, 1.165) is 29.7 Å². The molecule has 0 radical (unpaired) electrons. The van der Waals surface area contributed by atoms with Gasteiger partial charge in [0.2, 0.25) is 5.82 Å². The summed E-state index contributed by atoms with van der Waals surface area (Å²) in [5.74, 6) is -2.29. The Balaban J connectivity index is 1.46. The Morgan fingerprint density at radius 3 is 2.73 bits per heavy atom. The van der Waals surface area contributed by atoms with Crippen molar-refractivity contribution in [2.75, 3.05) is 0 Å². The van der Waals surface area contributed by atoms with Gasteiger partial charge in [-0.05, 0) is 48.6 Å². The number of halogens is 3. The van der Waals surface area contributed by atoms with E-state index in [2.05, 4.69) is 10.3 Å². The van der Waals surface area contributed by atoms with Crippen molar-refractivity contribution in [2.45, 2.75) is 31.5 Å². The van der Waals surface area contributed by atoms with Crippen LogP contribution in [0, 0.1) is 17.5 Å². The van der Waals surface area contributed by atoms with Gasteiger partial charge in [0.05, 0.1) is 0 Å². The maximum atomic E-state index is 14.3. The molecule has 1 aliphatic rings. The molecule has 0 bridgehead atoms. The van der Waals surface area contributed by atoms with Crippen molar-refractivity contribution in [1.29, 1.82) is 0 Å². The first kappa shape index (κ1) is 16.8. The van der Waals surface area contributed by atoms with Crippen molar-refractivity contribution >= 4 is 10.8 Å². The molecule has 3 aromatic rings. The number of nitrogens with zero attached hydrogens (tertiary/aromatic N) is 1. The van der Waals surface area contributed by atoms with Gasteiger partial charge in [-0.2, -0.15) is 4.39 Å². The van der Waals surface area contributed by atoms with E-state index >= 15 is 0 Å². The standard InChI is InChI=1S/C20H17F3N2O/c21-15-5-4-12-10-24-9-8-13(12)14(15)11-25-17-6-7-18(17)26-19-3-1-2-16(22)20(19)23/h1-5,8-10,17-18,25H,6-7,11H2/t17-,18-/m1/s1. The van der Waals surface area contributed by atoms with Gasteiger partial charge < -0.3 is 10.1 Å². The molecule has 1 N–H and O–H groups in total. The van der Waals surface area contributed by atoms with Gasteiger partial charge in [0, 0.05) is 35.9 Å². The molecule has 0 saturated heterocycles. The number of hydrogen-bond donors (Lipinski definition) is 1. The van der Waals surface area contributed by atoms with Crippen LogP contribution in [0.2, 0.25) is 0 Å². The number of aromatic nitrogens is 1. The second kappa shape index (κ2) is 6.96. The number of rotatable bonds is 5. The largest absolute Gasteiger partial charge is 0.486 e. The maximum absolute atomic E-state index is 14.3.